The molecule has 10 heteroatoms. The minimum absolute atomic E-state index is 0.0489. The number of benzene rings is 2. The minimum Gasteiger partial charge on any atom is -0.460 e. The van der Waals surface area contributed by atoms with Gasteiger partial charge in [-0.15, -0.1) is 0 Å². The number of nitrogens with zero attached hydrogens (tertiary/aromatic N) is 1. The highest BCUT2D eigenvalue weighted by Gasteiger charge is 2.15. The van der Waals surface area contributed by atoms with Gasteiger partial charge in [-0.2, -0.15) is 5.26 Å². The summed E-state index contributed by atoms with van der Waals surface area (Å²) >= 11 is 5.76. The molecule has 2 aromatic carbocycles. The van der Waals surface area contributed by atoms with E-state index in [1.807, 2.05) is 0 Å². The number of hydrogen-bond acceptors (Lipinski definition) is 5. The monoisotopic (exact) mass is 459 g/mol. The lowest BCUT2D eigenvalue weighted by Crippen LogP contribution is -2.22. The zero-order chi connectivity index (χ0) is 22.4. The third-order valence-corrected chi connectivity index (χ3v) is 5.67. The van der Waals surface area contributed by atoms with Gasteiger partial charge in [0.15, 0.2) is 0 Å². The predicted octanol–water partition coefficient (Wildman–Crippen LogP) is 4.10. The van der Waals surface area contributed by atoms with Crippen molar-refractivity contribution in [3.63, 3.8) is 0 Å². The molecule has 0 aliphatic rings. The van der Waals surface area contributed by atoms with Gasteiger partial charge in [0.1, 0.15) is 29.0 Å². The largest absolute Gasteiger partial charge is 0.460 e. The Kier molecular flexibility index (Phi) is 6.87. The Morgan fingerprint density at radius 3 is 2.42 bits per heavy atom. The number of hydrogen-bond donors (Lipinski definition) is 2. The maximum atomic E-state index is 13.0. The van der Waals surface area contributed by atoms with Crippen LogP contribution in [0.25, 0.3) is 6.08 Å². The summed E-state index contributed by atoms with van der Waals surface area (Å²) in [6, 6.07) is 15.5. The third kappa shape index (κ3) is 6.02. The molecule has 0 bridgehead atoms. The van der Waals surface area contributed by atoms with Crippen LogP contribution in [-0.2, 0) is 21.4 Å². The van der Waals surface area contributed by atoms with Crippen LogP contribution >= 0.6 is 11.6 Å². The molecule has 7 nitrogen and oxygen atoms in total. The Bertz CT molecular complexity index is 1260. The molecule has 0 radical (unpaired) electrons. The molecule has 0 atom stereocenters. The molecule has 0 aliphatic heterocycles. The Balaban J connectivity index is 1.66. The fourth-order valence-corrected chi connectivity index (χ4v) is 3.57. The smallest absolute Gasteiger partial charge is 0.266 e. The van der Waals surface area contributed by atoms with Crippen LogP contribution in [0.1, 0.15) is 11.5 Å². The van der Waals surface area contributed by atoms with E-state index < -0.39 is 21.7 Å². The summed E-state index contributed by atoms with van der Waals surface area (Å²) < 4.78 is 45.4. The molecular formula is C21H15ClFN3O4S. The highest BCUT2D eigenvalue weighted by atomic mass is 35.5. The van der Waals surface area contributed by atoms with Gasteiger partial charge in [0, 0.05) is 16.8 Å². The molecule has 31 heavy (non-hydrogen) atoms. The first kappa shape index (κ1) is 22.2. The maximum absolute atomic E-state index is 13.0. The molecule has 3 rings (SSSR count). The van der Waals surface area contributed by atoms with Crippen LogP contribution in [0.3, 0.4) is 0 Å². The molecule has 0 unspecified atom stereocenters. The average Bonchev–Trinajstić information content (AvgIpc) is 3.20. The number of amides is 1. The summed E-state index contributed by atoms with van der Waals surface area (Å²) in [5.74, 6) is -0.689. The Hall–Kier alpha value is -3.45. The van der Waals surface area contributed by atoms with Crippen molar-refractivity contribution in [2.24, 2.45) is 0 Å². The van der Waals surface area contributed by atoms with Crippen molar-refractivity contribution in [1.29, 1.82) is 5.26 Å². The van der Waals surface area contributed by atoms with E-state index >= 15 is 0 Å². The van der Waals surface area contributed by atoms with E-state index in [2.05, 4.69) is 10.0 Å². The van der Waals surface area contributed by atoms with Gasteiger partial charge in [-0.3, -0.25) is 4.79 Å². The normalized spacial score (nSPS) is 11.7. The molecule has 1 heterocycles. The number of sulfonamides is 1. The van der Waals surface area contributed by atoms with Crippen molar-refractivity contribution in [3.8, 4) is 6.07 Å². The van der Waals surface area contributed by atoms with Crippen molar-refractivity contribution in [2.45, 2.75) is 11.4 Å². The average molecular weight is 460 g/mol. The fourth-order valence-electron chi connectivity index (χ4n) is 2.45. The van der Waals surface area contributed by atoms with E-state index in [9.17, 15) is 22.9 Å². The lowest BCUT2D eigenvalue weighted by Gasteiger charge is -2.05. The standard InChI is InChI=1S/C21H15ClFN3O4S/c22-15-1-9-20(10-2-15)31(28,29)25-13-19-8-7-18(30-19)11-14(12-24)21(27)26-17-5-3-16(23)4-6-17/h1-11,25H,13H2,(H,26,27)/b14-11-. The Morgan fingerprint density at radius 2 is 1.77 bits per heavy atom. The summed E-state index contributed by atoms with van der Waals surface area (Å²) in [6.07, 6.45) is 1.22. The lowest BCUT2D eigenvalue weighted by molar-refractivity contribution is -0.112. The number of halogens is 2. The number of carbonyl (C=O) groups is 1. The molecule has 0 fully saturated rings. The molecule has 1 aromatic heterocycles. The Labute approximate surface area is 182 Å². The molecular weight excluding hydrogens is 445 g/mol. The van der Waals surface area contributed by atoms with Crippen LogP contribution in [0.15, 0.2) is 75.5 Å². The summed E-state index contributed by atoms with van der Waals surface area (Å²) in [6.45, 7) is -0.136. The van der Waals surface area contributed by atoms with Gasteiger partial charge in [0.2, 0.25) is 10.0 Å². The number of rotatable bonds is 7. The van der Waals surface area contributed by atoms with Gasteiger partial charge in [-0.05, 0) is 60.7 Å². The number of anilines is 1. The minimum atomic E-state index is -3.77. The maximum Gasteiger partial charge on any atom is 0.266 e. The highest BCUT2D eigenvalue weighted by molar-refractivity contribution is 7.89. The number of furan rings is 1. The summed E-state index contributed by atoms with van der Waals surface area (Å²) in [4.78, 5) is 12.3. The molecule has 0 aliphatic carbocycles. The van der Waals surface area contributed by atoms with Crippen molar-refractivity contribution in [2.75, 3.05) is 5.32 Å². The molecule has 0 saturated heterocycles. The number of nitrogens with one attached hydrogen (secondary N) is 2. The molecule has 2 N–H and O–H groups in total. The van der Waals surface area contributed by atoms with Crippen LogP contribution in [0.4, 0.5) is 10.1 Å². The van der Waals surface area contributed by atoms with Gasteiger partial charge in [0.05, 0.1) is 11.4 Å². The zero-order valence-corrected chi connectivity index (χ0v) is 17.4. The first-order valence-electron chi connectivity index (χ1n) is 8.79. The summed E-state index contributed by atoms with van der Waals surface area (Å²) in [5, 5.41) is 12.2. The van der Waals surface area contributed by atoms with E-state index in [1.165, 1.54) is 66.7 Å². The molecule has 3 aromatic rings. The van der Waals surface area contributed by atoms with Gasteiger partial charge >= 0.3 is 0 Å². The van der Waals surface area contributed by atoms with Crippen LogP contribution in [0, 0.1) is 17.1 Å². The second-order valence-electron chi connectivity index (χ2n) is 6.21. The first-order valence-corrected chi connectivity index (χ1v) is 10.7. The lowest BCUT2D eigenvalue weighted by atomic mass is 10.2. The van der Waals surface area contributed by atoms with E-state index in [4.69, 9.17) is 16.0 Å². The van der Waals surface area contributed by atoms with E-state index in [0.717, 1.165) is 0 Å². The highest BCUT2D eigenvalue weighted by Crippen LogP contribution is 2.17. The predicted molar refractivity (Wildman–Crippen MR) is 113 cm³/mol. The van der Waals surface area contributed by atoms with Crippen LogP contribution in [0.5, 0.6) is 0 Å². The van der Waals surface area contributed by atoms with E-state index in [-0.39, 0.29) is 28.5 Å². The second-order valence-corrected chi connectivity index (χ2v) is 8.42. The van der Waals surface area contributed by atoms with Crippen LogP contribution in [-0.4, -0.2) is 14.3 Å². The van der Waals surface area contributed by atoms with Crippen molar-refractivity contribution in [1.82, 2.24) is 4.72 Å². The van der Waals surface area contributed by atoms with Crippen molar-refractivity contribution < 1.29 is 22.0 Å². The van der Waals surface area contributed by atoms with Gasteiger partial charge in [0.25, 0.3) is 5.91 Å². The number of nitriles is 1. The fraction of sp³-hybridized carbons (Fsp3) is 0.0476. The Morgan fingerprint density at radius 1 is 1.10 bits per heavy atom. The first-order chi connectivity index (χ1) is 14.8. The van der Waals surface area contributed by atoms with Gasteiger partial charge < -0.3 is 9.73 Å². The van der Waals surface area contributed by atoms with Crippen molar-refractivity contribution >= 4 is 39.3 Å². The molecule has 0 saturated carbocycles. The van der Waals surface area contributed by atoms with Crippen LogP contribution < -0.4 is 10.0 Å². The quantitative estimate of drug-likeness (QED) is 0.408. The summed E-state index contributed by atoms with van der Waals surface area (Å²) in [5.41, 5.74) is 0.0799. The van der Waals surface area contributed by atoms with Gasteiger partial charge in [-0.1, -0.05) is 11.6 Å². The molecule has 0 spiro atoms. The van der Waals surface area contributed by atoms with E-state index in [1.54, 1.807) is 6.07 Å². The zero-order valence-electron chi connectivity index (χ0n) is 15.8. The topological polar surface area (TPSA) is 112 Å². The molecule has 158 valence electrons. The SMILES string of the molecule is N#C/C(=C/c1ccc(CNS(=O)(=O)c2ccc(Cl)cc2)o1)C(=O)Nc1ccc(F)cc1. The number of carbonyl (C=O) groups excluding carboxylic acids is 1. The second kappa shape index (κ2) is 9.57. The summed E-state index contributed by atoms with van der Waals surface area (Å²) in [7, 11) is -3.77. The molecule has 1 amide bonds. The van der Waals surface area contributed by atoms with E-state index in [0.29, 0.717) is 10.7 Å². The third-order valence-electron chi connectivity index (χ3n) is 4.00. The van der Waals surface area contributed by atoms with Crippen molar-refractivity contribution in [3.05, 3.63) is 88.6 Å². The van der Waals surface area contributed by atoms with Crippen LogP contribution in [0.2, 0.25) is 5.02 Å². The van der Waals surface area contributed by atoms with Gasteiger partial charge in [-0.25, -0.2) is 17.5 Å².